The standard InChI is InChI=1S/C17H26N2O2.ClH/c1-12(2)16-6-5-15(11-13(16)3)21-14(4)17(20)19-9-7-18-8-10-19;/h5-6,11-12,14,18H,7-10H2,1-4H3;1H. The highest BCUT2D eigenvalue weighted by molar-refractivity contribution is 5.85. The van der Waals surface area contributed by atoms with Crippen molar-refractivity contribution in [3.05, 3.63) is 29.3 Å². The summed E-state index contributed by atoms with van der Waals surface area (Å²) in [4.78, 5) is 14.2. The maximum absolute atomic E-state index is 12.3. The van der Waals surface area contributed by atoms with Gasteiger partial charge >= 0.3 is 0 Å². The molecule has 1 aliphatic heterocycles. The van der Waals surface area contributed by atoms with Crippen LogP contribution < -0.4 is 10.1 Å². The van der Waals surface area contributed by atoms with E-state index >= 15 is 0 Å². The quantitative estimate of drug-likeness (QED) is 0.925. The second-order valence-electron chi connectivity index (χ2n) is 6.01. The number of amides is 1. The maximum atomic E-state index is 12.3. The Bertz CT molecular complexity index is 499. The van der Waals surface area contributed by atoms with Gasteiger partial charge in [0.2, 0.25) is 0 Å². The summed E-state index contributed by atoms with van der Waals surface area (Å²) in [6.45, 7) is 11.5. The molecular formula is C17H27ClN2O2. The highest BCUT2D eigenvalue weighted by Gasteiger charge is 2.23. The number of piperazine rings is 1. The van der Waals surface area contributed by atoms with Crippen molar-refractivity contribution < 1.29 is 9.53 Å². The number of carbonyl (C=O) groups excluding carboxylic acids is 1. The van der Waals surface area contributed by atoms with Crippen molar-refractivity contribution in [3.8, 4) is 5.75 Å². The van der Waals surface area contributed by atoms with Crippen molar-refractivity contribution in [3.63, 3.8) is 0 Å². The Morgan fingerprint density at radius 1 is 1.23 bits per heavy atom. The predicted molar refractivity (Wildman–Crippen MR) is 92.1 cm³/mol. The Hall–Kier alpha value is -1.26. The summed E-state index contributed by atoms with van der Waals surface area (Å²) in [5.74, 6) is 1.34. The molecule has 0 spiro atoms. The number of nitrogens with one attached hydrogen (secondary N) is 1. The summed E-state index contributed by atoms with van der Waals surface area (Å²) < 4.78 is 5.83. The first-order chi connectivity index (χ1) is 9.99. The fourth-order valence-corrected chi connectivity index (χ4v) is 2.77. The van der Waals surface area contributed by atoms with Crippen molar-refractivity contribution in [2.24, 2.45) is 0 Å². The van der Waals surface area contributed by atoms with Gasteiger partial charge in [-0.15, -0.1) is 12.4 Å². The van der Waals surface area contributed by atoms with E-state index in [1.54, 1.807) is 0 Å². The Balaban J connectivity index is 0.00000242. The van der Waals surface area contributed by atoms with Crippen LogP contribution in [0.1, 0.15) is 37.8 Å². The third-order valence-corrected chi connectivity index (χ3v) is 3.95. The first-order valence-electron chi connectivity index (χ1n) is 7.75. The van der Waals surface area contributed by atoms with E-state index in [9.17, 15) is 4.79 Å². The van der Waals surface area contributed by atoms with Gasteiger partial charge in [-0.1, -0.05) is 19.9 Å². The van der Waals surface area contributed by atoms with Crippen molar-refractivity contribution in [1.82, 2.24) is 10.2 Å². The number of carbonyl (C=O) groups is 1. The molecule has 1 heterocycles. The zero-order chi connectivity index (χ0) is 15.4. The van der Waals surface area contributed by atoms with E-state index in [0.29, 0.717) is 5.92 Å². The molecule has 0 bridgehead atoms. The molecule has 124 valence electrons. The van der Waals surface area contributed by atoms with Gasteiger partial charge in [0.1, 0.15) is 5.75 Å². The normalized spacial score (nSPS) is 16.1. The molecule has 4 nitrogen and oxygen atoms in total. The van der Waals surface area contributed by atoms with E-state index < -0.39 is 6.10 Å². The number of aryl methyl sites for hydroxylation is 1. The van der Waals surface area contributed by atoms with Crippen molar-refractivity contribution in [2.75, 3.05) is 26.2 Å². The van der Waals surface area contributed by atoms with Gasteiger partial charge in [0.05, 0.1) is 0 Å². The molecule has 1 saturated heterocycles. The van der Waals surface area contributed by atoms with E-state index in [2.05, 4.69) is 32.2 Å². The van der Waals surface area contributed by atoms with E-state index in [1.165, 1.54) is 11.1 Å². The van der Waals surface area contributed by atoms with Crippen LogP contribution in [-0.2, 0) is 4.79 Å². The SMILES string of the molecule is Cc1cc(OC(C)C(=O)N2CCNCC2)ccc1C(C)C.Cl. The second kappa shape index (κ2) is 8.39. The molecule has 1 fully saturated rings. The minimum Gasteiger partial charge on any atom is -0.481 e. The minimum absolute atomic E-state index is 0. The molecule has 1 unspecified atom stereocenters. The summed E-state index contributed by atoms with van der Waals surface area (Å²) >= 11 is 0. The van der Waals surface area contributed by atoms with Crippen LogP contribution in [0, 0.1) is 6.92 Å². The summed E-state index contributed by atoms with van der Waals surface area (Å²) in [7, 11) is 0. The molecule has 0 saturated carbocycles. The van der Waals surface area contributed by atoms with Crippen LogP contribution in [0.15, 0.2) is 18.2 Å². The molecule has 0 radical (unpaired) electrons. The number of ether oxygens (including phenoxy) is 1. The summed E-state index contributed by atoms with van der Waals surface area (Å²) in [5, 5.41) is 3.25. The largest absolute Gasteiger partial charge is 0.481 e. The molecule has 1 N–H and O–H groups in total. The smallest absolute Gasteiger partial charge is 0.263 e. The van der Waals surface area contributed by atoms with Gasteiger partial charge in [0.25, 0.3) is 5.91 Å². The highest BCUT2D eigenvalue weighted by atomic mass is 35.5. The van der Waals surface area contributed by atoms with Gasteiger partial charge in [-0.2, -0.15) is 0 Å². The lowest BCUT2D eigenvalue weighted by Crippen LogP contribution is -2.50. The lowest BCUT2D eigenvalue weighted by Gasteiger charge is -2.29. The molecule has 0 aliphatic carbocycles. The zero-order valence-corrected chi connectivity index (χ0v) is 14.7. The minimum atomic E-state index is -0.438. The lowest BCUT2D eigenvalue weighted by molar-refractivity contribution is -0.138. The number of benzene rings is 1. The first-order valence-corrected chi connectivity index (χ1v) is 7.75. The number of halogens is 1. The average molecular weight is 327 g/mol. The topological polar surface area (TPSA) is 41.6 Å². The van der Waals surface area contributed by atoms with Gasteiger partial charge in [-0.3, -0.25) is 4.79 Å². The van der Waals surface area contributed by atoms with Crippen LogP contribution in [0.2, 0.25) is 0 Å². The van der Waals surface area contributed by atoms with Gasteiger partial charge in [0, 0.05) is 26.2 Å². The van der Waals surface area contributed by atoms with E-state index in [1.807, 2.05) is 24.0 Å². The molecule has 0 aromatic heterocycles. The zero-order valence-electron chi connectivity index (χ0n) is 13.9. The predicted octanol–water partition coefficient (Wildman–Crippen LogP) is 2.74. The molecule has 2 rings (SSSR count). The Kier molecular flexibility index (Phi) is 7.17. The second-order valence-corrected chi connectivity index (χ2v) is 6.01. The van der Waals surface area contributed by atoms with Crippen LogP contribution in [0.5, 0.6) is 5.75 Å². The Labute approximate surface area is 139 Å². The van der Waals surface area contributed by atoms with Crippen LogP contribution in [-0.4, -0.2) is 43.1 Å². The monoisotopic (exact) mass is 326 g/mol. The molecule has 1 aromatic rings. The summed E-state index contributed by atoms with van der Waals surface area (Å²) in [5.41, 5.74) is 2.53. The van der Waals surface area contributed by atoms with Crippen molar-refractivity contribution in [2.45, 2.75) is 39.7 Å². The third-order valence-electron chi connectivity index (χ3n) is 3.95. The van der Waals surface area contributed by atoms with Gasteiger partial charge in [-0.05, 0) is 43.0 Å². The number of hydrogen-bond donors (Lipinski definition) is 1. The average Bonchev–Trinajstić information content (AvgIpc) is 2.47. The molecular weight excluding hydrogens is 300 g/mol. The van der Waals surface area contributed by atoms with E-state index in [-0.39, 0.29) is 18.3 Å². The lowest BCUT2D eigenvalue weighted by atomic mass is 9.98. The fourth-order valence-electron chi connectivity index (χ4n) is 2.77. The molecule has 1 atom stereocenters. The van der Waals surface area contributed by atoms with Crippen LogP contribution in [0.25, 0.3) is 0 Å². The van der Waals surface area contributed by atoms with Gasteiger partial charge in [0.15, 0.2) is 6.10 Å². The molecule has 1 amide bonds. The summed E-state index contributed by atoms with van der Waals surface area (Å²) in [6.07, 6.45) is -0.438. The molecule has 22 heavy (non-hydrogen) atoms. The third kappa shape index (κ3) is 4.62. The molecule has 5 heteroatoms. The molecule has 1 aromatic carbocycles. The highest BCUT2D eigenvalue weighted by Crippen LogP contribution is 2.24. The van der Waals surface area contributed by atoms with E-state index in [4.69, 9.17) is 4.74 Å². The Morgan fingerprint density at radius 2 is 1.86 bits per heavy atom. The van der Waals surface area contributed by atoms with Crippen LogP contribution in [0.3, 0.4) is 0 Å². The number of rotatable bonds is 4. The van der Waals surface area contributed by atoms with Crippen molar-refractivity contribution in [1.29, 1.82) is 0 Å². The molecule has 1 aliphatic rings. The van der Waals surface area contributed by atoms with Crippen LogP contribution in [0.4, 0.5) is 0 Å². The van der Waals surface area contributed by atoms with Gasteiger partial charge in [-0.25, -0.2) is 0 Å². The Morgan fingerprint density at radius 3 is 2.41 bits per heavy atom. The number of nitrogens with zero attached hydrogens (tertiary/aromatic N) is 1. The fraction of sp³-hybridized carbons (Fsp3) is 0.588. The summed E-state index contributed by atoms with van der Waals surface area (Å²) in [6, 6.07) is 6.08. The first kappa shape index (κ1) is 18.8. The van der Waals surface area contributed by atoms with Gasteiger partial charge < -0.3 is 15.0 Å². The van der Waals surface area contributed by atoms with E-state index in [0.717, 1.165) is 31.9 Å². The van der Waals surface area contributed by atoms with Crippen LogP contribution >= 0.6 is 12.4 Å². The van der Waals surface area contributed by atoms with Crippen molar-refractivity contribution >= 4 is 18.3 Å². The number of hydrogen-bond acceptors (Lipinski definition) is 3. The maximum Gasteiger partial charge on any atom is 0.263 e.